The first-order valence-corrected chi connectivity index (χ1v) is 7.13. The SMILES string of the molecule is C=CNC(=NC)/C(=C\C(C)=N)N1CCOC(c2ncc[nH]2)C1. The van der Waals surface area contributed by atoms with Crippen LogP contribution < -0.4 is 5.32 Å². The van der Waals surface area contributed by atoms with Gasteiger partial charge in [-0.25, -0.2) is 4.98 Å². The number of nitrogens with zero attached hydrogens (tertiary/aromatic N) is 3. The fourth-order valence-electron chi connectivity index (χ4n) is 2.35. The molecular weight excluding hydrogens is 280 g/mol. The third kappa shape index (κ3) is 3.82. The van der Waals surface area contributed by atoms with Crippen LogP contribution in [0.3, 0.4) is 0 Å². The minimum Gasteiger partial charge on any atom is -0.367 e. The average Bonchev–Trinajstić information content (AvgIpc) is 3.05. The Morgan fingerprint density at radius 3 is 3.09 bits per heavy atom. The van der Waals surface area contributed by atoms with Gasteiger partial charge in [-0.15, -0.1) is 0 Å². The molecule has 1 aromatic heterocycles. The number of H-pyrrole nitrogens is 1. The van der Waals surface area contributed by atoms with Crippen LogP contribution in [-0.4, -0.2) is 53.2 Å². The van der Waals surface area contributed by atoms with Gasteiger partial charge < -0.3 is 25.3 Å². The Balaban J connectivity index is 2.23. The topological polar surface area (TPSA) is 89.4 Å². The fourth-order valence-corrected chi connectivity index (χ4v) is 2.35. The zero-order chi connectivity index (χ0) is 15.9. The Hall–Kier alpha value is -2.41. The Morgan fingerprint density at radius 1 is 1.68 bits per heavy atom. The van der Waals surface area contributed by atoms with Gasteiger partial charge >= 0.3 is 0 Å². The van der Waals surface area contributed by atoms with E-state index in [1.54, 1.807) is 38.6 Å². The number of hydrogen-bond acceptors (Lipinski definition) is 5. The van der Waals surface area contributed by atoms with E-state index in [1.807, 2.05) is 0 Å². The van der Waals surface area contributed by atoms with E-state index in [0.717, 1.165) is 18.1 Å². The van der Waals surface area contributed by atoms with Gasteiger partial charge in [0.25, 0.3) is 0 Å². The molecule has 0 aliphatic carbocycles. The van der Waals surface area contributed by atoms with Gasteiger partial charge in [0.2, 0.25) is 0 Å². The van der Waals surface area contributed by atoms with Gasteiger partial charge in [0.15, 0.2) is 0 Å². The molecule has 118 valence electrons. The second kappa shape index (κ2) is 7.56. The molecule has 1 fully saturated rings. The van der Waals surface area contributed by atoms with Crippen LogP contribution in [0.15, 0.2) is 41.9 Å². The molecule has 7 heteroatoms. The van der Waals surface area contributed by atoms with E-state index < -0.39 is 0 Å². The van der Waals surface area contributed by atoms with Crippen molar-refractivity contribution in [3.05, 3.63) is 42.8 Å². The van der Waals surface area contributed by atoms with Crippen LogP contribution in [0.2, 0.25) is 0 Å². The lowest BCUT2D eigenvalue weighted by atomic mass is 10.2. The third-order valence-corrected chi connectivity index (χ3v) is 3.29. The molecule has 0 amide bonds. The van der Waals surface area contributed by atoms with E-state index in [4.69, 9.17) is 10.1 Å². The van der Waals surface area contributed by atoms with E-state index in [0.29, 0.717) is 24.7 Å². The van der Waals surface area contributed by atoms with Crippen LogP contribution in [0.4, 0.5) is 0 Å². The summed E-state index contributed by atoms with van der Waals surface area (Å²) in [6.07, 6.45) is 6.76. The van der Waals surface area contributed by atoms with Crippen molar-refractivity contribution < 1.29 is 4.74 Å². The summed E-state index contributed by atoms with van der Waals surface area (Å²) in [5.74, 6) is 1.49. The summed E-state index contributed by atoms with van der Waals surface area (Å²) in [6.45, 7) is 7.38. The Labute approximate surface area is 130 Å². The highest BCUT2D eigenvalue weighted by atomic mass is 16.5. The van der Waals surface area contributed by atoms with Gasteiger partial charge in [0, 0.05) is 31.7 Å². The molecule has 1 saturated heterocycles. The van der Waals surface area contributed by atoms with Gasteiger partial charge in [-0.2, -0.15) is 0 Å². The number of hydrogen-bond donors (Lipinski definition) is 3. The van der Waals surface area contributed by atoms with Crippen molar-refractivity contribution in [3.8, 4) is 0 Å². The minimum absolute atomic E-state index is 0.125. The van der Waals surface area contributed by atoms with Gasteiger partial charge in [-0.05, 0) is 19.2 Å². The van der Waals surface area contributed by atoms with E-state index in [-0.39, 0.29) is 6.10 Å². The van der Waals surface area contributed by atoms with Gasteiger partial charge in [0.05, 0.1) is 18.8 Å². The summed E-state index contributed by atoms with van der Waals surface area (Å²) >= 11 is 0. The summed E-state index contributed by atoms with van der Waals surface area (Å²) in [4.78, 5) is 13.8. The molecule has 0 bridgehead atoms. The largest absolute Gasteiger partial charge is 0.367 e. The van der Waals surface area contributed by atoms with Gasteiger partial charge in [-0.3, -0.25) is 4.99 Å². The molecule has 7 nitrogen and oxygen atoms in total. The number of aromatic amines is 1. The Morgan fingerprint density at radius 2 is 2.50 bits per heavy atom. The number of allylic oxidation sites excluding steroid dienone is 1. The summed E-state index contributed by atoms with van der Waals surface area (Å²) in [7, 11) is 1.71. The fraction of sp³-hybridized carbons (Fsp3) is 0.400. The van der Waals surface area contributed by atoms with Crippen molar-refractivity contribution in [3.63, 3.8) is 0 Å². The van der Waals surface area contributed by atoms with E-state index >= 15 is 0 Å². The van der Waals surface area contributed by atoms with Crippen LogP contribution in [0.1, 0.15) is 18.9 Å². The number of amidine groups is 1. The van der Waals surface area contributed by atoms with E-state index in [2.05, 4.69) is 31.8 Å². The smallest absolute Gasteiger partial charge is 0.148 e. The summed E-state index contributed by atoms with van der Waals surface area (Å²) in [6, 6.07) is 0. The number of aliphatic imine (C=N–C) groups is 1. The molecule has 22 heavy (non-hydrogen) atoms. The maximum Gasteiger partial charge on any atom is 0.148 e. The monoisotopic (exact) mass is 302 g/mol. The second-order valence-corrected chi connectivity index (χ2v) is 4.91. The molecule has 2 rings (SSSR count). The summed E-state index contributed by atoms with van der Waals surface area (Å²) in [5.41, 5.74) is 1.32. The van der Waals surface area contributed by atoms with E-state index in [9.17, 15) is 0 Å². The Kier molecular flexibility index (Phi) is 5.48. The molecule has 0 spiro atoms. The van der Waals surface area contributed by atoms with Crippen molar-refractivity contribution in [2.75, 3.05) is 26.7 Å². The lowest BCUT2D eigenvalue weighted by Gasteiger charge is -2.35. The molecule has 0 saturated carbocycles. The van der Waals surface area contributed by atoms with Gasteiger partial charge in [-0.1, -0.05) is 6.58 Å². The quantitative estimate of drug-likeness (QED) is 0.567. The zero-order valence-corrected chi connectivity index (χ0v) is 13.0. The molecule has 0 aromatic carbocycles. The minimum atomic E-state index is -0.125. The lowest BCUT2D eigenvalue weighted by molar-refractivity contribution is -0.0204. The zero-order valence-electron chi connectivity index (χ0n) is 13.0. The van der Waals surface area contributed by atoms with Crippen molar-refractivity contribution in [1.82, 2.24) is 20.2 Å². The number of imidazole rings is 1. The van der Waals surface area contributed by atoms with Crippen LogP contribution in [0.25, 0.3) is 0 Å². The summed E-state index contributed by atoms with van der Waals surface area (Å²) < 4.78 is 5.78. The molecular formula is C15H22N6O. The second-order valence-electron chi connectivity index (χ2n) is 4.91. The number of morpholine rings is 1. The van der Waals surface area contributed by atoms with Crippen molar-refractivity contribution >= 4 is 11.5 Å². The first-order chi connectivity index (χ1) is 10.7. The van der Waals surface area contributed by atoms with E-state index in [1.165, 1.54) is 0 Å². The highest BCUT2D eigenvalue weighted by Gasteiger charge is 2.26. The Bertz CT molecular complexity index is 575. The molecule has 1 aliphatic rings. The first kappa shape index (κ1) is 16.0. The van der Waals surface area contributed by atoms with Crippen LogP contribution >= 0.6 is 0 Å². The molecule has 0 radical (unpaired) electrons. The summed E-state index contributed by atoms with van der Waals surface area (Å²) in [5, 5.41) is 10.8. The standard InChI is InChI=1S/C15H22N6O/c1-4-18-14(17-3)12(9-11(2)16)21-7-8-22-13(10-21)15-19-5-6-20-15/h4-6,9,13,16H,1,7-8,10H2,2-3H3,(H,17,18)(H,19,20)/b12-9+,16-11?. The highest BCUT2D eigenvalue weighted by molar-refractivity contribution is 6.04. The molecule has 1 unspecified atom stereocenters. The molecule has 1 aromatic rings. The lowest BCUT2D eigenvalue weighted by Crippen LogP contribution is -2.42. The van der Waals surface area contributed by atoms with Crippen LogP contribution in [0, 0.1) is 5.41 Å². The predicted octanol–water partition coefficient (Wildman–Crippen LogP) is 1.47. The van der Waals surface area contributed by atoms with Crippen molar-refractivity contribution in [1.29, 1.82) is 5.41 Å². The van der Waals surface area contributed by atoms with Crippen LogP contribution in [-0.2, 0) is 4.74 Å². The number of ether oxygens (including phenoxy) is 1. The molecule has 2 heterocycles. The molecule has 3 N–H and O–H groups in total. The predicted molar refractivity (Wildman–Crippen MR) is 87.0 cm³/mol. The normalized spacial score (nSPS) is 19.9. The average molecular weight is 302 g/mol. The maximum atomic E-state index is 7.77. The van der Waals surface area contributed by atoms with Gasteiger partial charge in [0.1, 0.15) is 17.8 Å². The number of aromatic nitrogens is 2. The first-order valence-electron chi connectivity index (χ1n) is 7.13. The maximum absolute atomic E-state index is 7.77. The molecule has 1 atom stereocenters. The molecule has 1 aliphatic heterocycles. The van der Waals surface area contributed by atoms with Crippen LogP contribution in [0.5, 0.6) is 0 Å². The number of rotatable bonds is 5. The van der Waals surface area contributed by atoms with Crippen molar-refractivity contribution in [2.24, 2.45) is 4.99 Å². The highest BCUT2D eigenvalue weighted by Crippen LogP contribution is 2.22. The third-order valence-electron chi connectivity index (χ3n) is 3.29. The van der Waals surface area contributed by atoms with Crippen molar-refractivity contribution in [2.45, 2.75) is 13.0 Å². The number of nitrogens with one attached hydrogen (secondary N) is 3.